The van der Waals surface area contributed by atoms with Crippen LogP contribution in [-0.2, 0) is 11.3 Å². The Labute approximate surface area is 106 Å². The molecule has 2 rings (SSSR count). The molecule has 0 atom stereocenters. The van der Waals surface area contributed by atoms with Crippen LogP contribution < -0.4 is 20.1 Å². The Morgan fingerprint density at radius 3 is 3.00 bits per heavy atom. The summed E-state index contributed by atoms with van der Waals surface area (Å²) in [7, 11) is 0. The molecule has 1 aromatic carbocycles. The van der Waals surface area contributed by atoms with Gasteiger partial charge in [0.15, 0.2) is 11.5 Å². The second-order valence-corrected chi connectivity index (χ2v) is 4.14. The van der Waals surface area contributed by atoms with E-state index in [0.717, 1.165) is 30.0 Å². The molecule has 1 heterocycles. The first-order valence-corrected chi connectivity index (χ1v) is 6.15. The van der Waals surface area contributed by atoms with Gasteiger partial charge in [-0.25, -0.2) is 0 Å². The second kappa shape index (κ2) is 6.26. The first-order valence-electron chi connectivity index (χ1n) is 6.15. The van der Waals surface area contributed by atoms with Gasteiger partial charge in [-0.3, -0.25) is 4.79 Å². The monoisotopic (exact) mass is 250 g/mol. The highest BCUT2D eigenvalue weighted by Crippen LogP contribution is 2.32. The summed E-state index contributed by atoms with van der Waals surface area (Å²) in [5.41, 5.74) is 1.07. The Hall–Kier alpha value is -1.75. The molecule has 98 valence electrons. The molecule has 5 nitrogen and oxygen atoms in total. The van der Waals surface area contributed by atoms with Crippen LogP contribution in [0.25, 0.3) is 0 Å². The van der Waals surface area contributed by atoms with E-state index in [9.17, 15) is 4.79 Å². The van der Waals surface area contributed by atoms with Crippen molar-refractivity contribution in [3.8, 4) is 11.5 Å². The van der Waals surface area contributed by atoms with Gasteiger partial charge in [0.05, 0.1) is 6.54 Å². The minimum absolute atomic E-state index is 0.0255. The lowest BCUT2D eigenvalue weighted by molar-refractivity contribution is -0.120. The average Bonchev–Trinajstić information content (AvgIpc) is 2.83. The van der Waals surface area contributed by atoms with E-state index in [0.29, 0.717) is 13.1 Å². The lowest BCUT2D eigenvalue weighted by Gasteiger charge is -2.06. The molecule has 1 aliphatic heterocycles. The Balaban J connectivity index is 1.75. The van der Waals surface area contributed by atoms with Gasteiger partial charge in [-0.05, 0) is 24.1 Å². The fraction of sp³-hybridized carbons (Fsp3) is 0.462. The van der Waals surface area contributed by atoms with Crippen LogP contribution in [0, 0.1) is 0 Å². The molecule has 0 spiro atoms. The van der Waals surface area contributed by atoms with Crippen LogP contribution in [0.4, 0.5) is 0 Å². The third kappa shape index (κ3) is 3.37. The van der Waals surface area contributed by atoms with Gasteiger partial charge in [0.1, 0.15) is 0 Å². The number of rotatable bonds is 6. The third-order valence-electron chi connectivity index (χ3n) is 2.62. The predicted octanol–water partition coefficient (Wildman–Crippen LogP) is 1.03. The SMILES string of the molecule is CCCNC(=O)CNCc1ccc2c(c1)OCO2. The van der Waals surface area contributed by atoms with E-state index in [4.69, 9.17) is 9.47 Å². The van der Waals surface area contributed by atoms with E-state index >= 15 is 0 Å². The summed E-state index contributed by atoms with van der Waals surface area (Å²) in [6.07, 6.45) is 0.952. The maximum atomic E-state index is 11.4. The molecule has 2 N–H and O–H groups in total. The Kier molecular flexibility index (Phi) is 4.41. The van der Waals surface area contributed by atoms with Crippen LogP contribution in [-0.4, -0.2) is 25.8 Å². The van der Waals surface area contributed by atoms with Crippen molar-refractivity contribution in [2.75, 3.05) is 19.9 Å². The Bertz CT molecular complexity index is 421. The highest BCUT2D eigenvalue weighted by Gasteiger charge is 2.12. The summed E-state index contributed by atoms with van der Waals surface area (Å²) in [4.78, 5) is 11.4. The molecular formula is C13H18N2O3. The molecule has 0 saturated carbocycles. The first kappa shape index (κ1) is 12.7. The number of hydrogen-bond donors (Lipinski definition) is 2. The molecule has 1 aliphatic rings. The van der Waals surface area contributed by atoms with Crippen LogP contribution in [0.5, 0.6) is 11.5 Å². The minimum atomic E-state index is 0.0255. The van der Waals surface area contributed by atoms with E-state index < -0.39 is 0 Å². The van der Waals surface area contributed by atoms with E-state index in [2.05, 4.69) is 10.6 Å². The van der Waals surface area contributed by atoms with E-state index in [1.54, 1.807) is 0 Å². The predicted molar refractivity (Wildman–Crippen MR) is 67.6 cm³/mol. The Morgan fingerprint density at radius 2 is 2.17 bits per heavy atom. The Morgan fingerprint density at radius 1 is 1.33 bits per heavy atom. The van der Waals surface area contributed by atoms with Gasteiger partial charge in [-0.15, -0.1) is 0 Å². The fourth-order valence-electron chi connectivity index (χ4n) is 1.70. The lowest BCUT2D eigenvalue weighted by atomic mass is 10.2. The summed E-state index contributed by atoms with van der Waals surface area (Å²) in [5.74, 6) is 1.57. The van der Waals surface area contributed by atoms with Crippen LogP contribution in [0.3, 0.4) is 0 Å². The molecule has 0 radical (unpaired) electrons. The number of fused-ring (bicyclic) bond motifs is 1. The molecule has 1 aromatic rings. The van der Waals surface area contributed by atoms with Crippen molar-refractivity contribution in [2.45, 2.75) is 19.9 Å². The molecule has 0 bridgehead atoms. The highest BCUT2D eigenvalue weighted by molar-refractivity contribution is 5.77. The third-order valence-corrected chi connectivity index (χ3v) is 2.62. The van der Waals surface area contributed by atoms with Crippen molar-refractivity contribution in [1.82, 2.24) is 10.6 Å². The summed E-state index contributed by atoms with van der Waals surface area (Å²) in [6, 6.07) is 5.78. The molecule has 0 fully saturated rings. The zero-order chi connectivity index (χ0) is 12.8. The fourth-order valence-corrected chi connectivity index (χ4v) is 1.70. The maximum absolute atomic E-state index is 11.4. The van der Waals surface area contributed by atoms with Gasteiger partial charge in [0.2, 0.25) is 12.7 Å². The van der Waals surface area contributed by atoms with Crippen molar-refractivity contribution in [1.29, 1.82) is 0 Å². The van der Waals surface area contributed by atoms with E-state index in [-0.39, 0.29) is 12.7 Å². The second-order valence-electron chi connectivity index (χ2n) is 4.14. The number of nitrogens with one attached hydrogen (secondary N) is 2. The van der Waals surface area contributed by atoms with Crippen LogP contribution in [0.2, 0.25) is 0 Å². The minimum Gasteiger partial charge on any atom is -0.454 e. The lowest BCUT2D eigenvalue weighted by Crippen LogP contribution is -2.33. The largest absolute Gasteiger partial charge is 0.454 e. The molecule has 0 saturated heterocycles. The smallest absolute Gasteiger partial charge is 0.233 e. The summed E-state index contributed by atoms with van der Waals surface area (Å²) < 4.78 is 10.5. The van der Waals surface area contributed by atoms with Gasteiger partial charge < -0.3 is 20.1 Å². The van der Waals surface area contributed by atoms with E-state index in [1.807, 2.05) is 25.1 Å². The number of hydrogen-bond acceptors (Lipinski definition) is 4. The van der Waals surface area contributed by atoms with Crippen molar-refractivity contribution >= 4 is 5.91 Å². The number of carbonyl (C=O) groups excluding carboxylic acids is 1. The zero-order valence-corrected chi connectivity index (χ0v) is 10.5. The number of carbonyl (C=O) groups is 1. The highest BCUT2D eigenvalue weighted by atomic mass is 16.7. The van der Waals surface area contributed by atoms with Crippen LogP contribution in [0.15, 0.2) is 18.2 Å². The summed E-state index contributed by atoms with van der Waals surface area (Å²) in [5, 5.41) is 5.91. The van der Waals surface area contributed by atoms with Crippen LogP contribution >= 0.6 is 0 Å². The molecular weight excluding hydrogens is 232 g/mol. The van der Waals surface area contributed by atoms with Gasteiger partial charge in [0, 0.05) is 13.1 Å². The number of benzene rings is 1. The van der Waals surface area contributed by atoms with Crippen molar-refractivity contribution in [2.24, 2.45) is 0 Å². The van der Waals surface area contributed by atoms with Crippen molar-refractivity contribution < 1.29 is 14.3 Å². The van der Waals surface area contributed by atoms with Gasteiger partial charge in [0.25, 0.3) is 0 Å². The van der Waals surface area contributed by atoms with Crippen molar-refractivity contribution in [3.63, 3.8) is 0 Å². The topological polar surface area (TPSA) is 59.6 Å². The number of amides is 1. The first-order chi connectivity index (χ1) is 8.79. The average molecular weight is 250 g/mol. The molecule has 5 heteroatoms. The molecule has 0 unspecified atom stereocenters. The zero-order valence-electron chi connectivity index (χ0n) is 10.5. The standard InChI is InChI=1S/C13H18N2O3/c1-2-5-15-13(16)8-14-7-10-3-4-11-12(6-10)18-9-17-11/h3-4,6,14H,2,5,7-9H2,1H3,(H,15,16). The van der Waals surface area contributed by atoms with Gasteiger partial charge >= 0.3 is 0 Å². The van der Waals surface area contributed by atoms with Crippen LogP contribution in [0.1, 0.15) is 18.9 Å². The molecule has 18 heavy (non-hydrogen) atoms. The van der Waals surface area contributed by atoms with E-state index in [1.165, 1.54) is 0 Å². The van der Waals surface area contributed by atoms with Gasteiger partial charge in [-0.1, -0.05) is 13.0 Å². The molecule has 0 aliphatic carbocycles. The van der Waals surface area contributed by atoms with Crippen molar-refractivity contribution in [3.05, 3.63) is 23.8 Å². The van der Waals surface area contributed by atoms with Gasteiger partial charge in [-0.2, -0.15) is 0 Å². The quantitative estimate of drug-likeness (QED) is 0.791. The normalized spacial score (nSPS) is 12.5. The number of ether oxygens (including phenoxy) is 2. The maximum Gasteiger partial charge on any atom is 0.233 e. The molecule has 1 amide bonds. The summed E-state index contributed by atoms with van der Waals surface area (Å²) >= 11 is 0. The summed E-state index contributed by atoms with van der Waals surface area (Å²) in [6.45, 7) is 4.00. The molecule has 0 aromatic heterocycles.